The molecular formula is C37H54N2. The van der Waals surface area contributed by atoms with Gasteiger partial charge in [-0.15, -0.1) is 0 Å². The second kappa shape index (κ2) is 11.9. The molecule has 2 heteroatoms. The molecule has 2 unspecified atom stereocenters. The van der Waals surface area contributed by atoms with Gasteiger partial charge in [-0.25, -0.2) is 0 Å². The quantitative estimate of drug-likeness (QED) is 0.383. The minimum absolute atomic E-state index is 0.410. The number of fused-ring (bicyclic) bond motifs is 3. The summed E-state index contributed by atoms with van der Waals surface area (Å²) in [6.07, 6.45) is 19.9. The first-order chi connectivity index (χ1) is 19.0. The van der Waals surface area contributed by atoms with Crippen molar-refractivity contribution in [3.8, 4) is 0 Å². The van der Waals surface area contributed by atoms with E-state index < -0.39 is 0 Å². The van der Waals surface area contributed by atoms with Crippen LogP contribution in [0.4, 0.5) is 0 Å². The Kier molecular flexibility index (Phi) is 8.74. The Morgan fingerprint density at radius 3 is 2.10 bits per heavy atom. The number of likely N-dealkylation sites (N-methyl/N-ethyl adjacent to an activating group) is 2. The molecule has 2 bridgehead atoms. The number of allylic oxidation sites excluding steroid dienone is 3. The van der Waals surface area contributed by atoms with Gasteiger partial charge in [0.25, 0.3) is 0 Å². The molecule has 39 heavy (non-hydrogen) atoms. The highest BCUT2D eigenvalue weighted by Gasteiger charge is 2.56. The summed E-state index contributed by atoms with van der Waals surface area (Å²) in [4.78, 5) is 5.13. The van der Waals surface area contributed by atoms with Gasteiger partial charge in [-0.3, -0.25) is 4.90 Å². The Labute approximate surface area is 239 Å². The summed E-state index contributed by atoms with van der Waals surface area (Å²) >= 11 is 0. The zero-order valence-electron chi connectivity index (χ0n) is 25.9. The van der Waals surface area contributed by atoms with E-state index in [9.17, 15) is 0 Å². The van der Waals surface area contributed by atoms with Gasteiger partial charge in [0.15, 0.2) is 0 Å². The average molecular weight is 527 g/mol. The zero-order chi connectivity index (χ0) is 27.6. The van der Waals surface area contributed by atoms with Gasteiger partial charge in [0.05, 0.1) is 0 Å². The largest absolute Gasteiger partial charge is 0.303 e. The lowest BCUT2D eigenvalue weighted by molar-refractivity contribution is 0.309. The predicted molar refractivity (Wildman–Crippen MR) is 170 cm³/mol. The molecule has 3 aliphatic carbocycles. The molecule has 0 aromatic heterocycles. The van der Waals surface area contributed by atoms with Crippen molar-refractivity contribution in [3.05, 3.63) is 70.8 Å². The minimum Gasteiger partial charge on any atom is -0.303 e. The Morgan fingerprint density at radius 2 is 1.41 bits per heavy atom. The van der Waals surface area contributed by atoms with E-state index in [-0.39, 0.29) is 0 Å². The van der Waals surface area contributed by atoms with Crippen LogP contribution in [-0.2, 0) is 11.8 Å². The zero-order valence-corrected chi connectivity index (χ0v) is 25.9. The fraction of sp³-hybridized carbons (Fsp3) is 0.622. The fourth-order valence-corrected chi connectivity index (χ4v) is 8.81. The fourth-order valence-electron chi connectivity index (χ4n) is 8.81. The highest BCUT2D eigenvalue weighted by molar-refractivity contribution is 5.84. The second-order valence-electron chi connectivity index (χ2n) is 12.9. The van der Waals surface area contributed by atoms with Gasteiger partial charge in [-0.2, -0.15) is 0 Å². The van der Waals surface area contributed by atoms with E-state index in [2.05, 4.69) is 72.4 Å². The highest BCUT2D eigenvalue weighted by atomic mass is 15.1. The van der Waals surface area contributed by atoms with E-state index in [1.807, 2.05) is 27.7 Å². The maximum atomic E-state index is 2.58. The maximum Gasteiger partial charge on any atom is 0.0311 e. The van der Waals surface area contributed by atoms with Crippen molar-refractivity contribution in [2.45, 2.75) is 116 Å². The molecular weight excluding hydrogens is 472 g/mol. The van der Waals surface area contributed by atoms with Crippen LogP contribution in [0.25, 0.3) is 10.8 Å². The van der Waals surface area contributed by atoms with E-state index in [4.69, 9.17) is 0 Å². The Bertz CT molecular complexity index is 1200. The summed E-state index contributed by atoms with van der Waals surface area (Å²) in [6, 6.07) is 16.2. The van der Waals surface area contributed by atoms with E-state index in [1.165, 1.54) is 100 Å². The molecule has 212 valence electrons. The normalized spacial score (nSPS) is 32.1. The third-order valence-electron chi connectivity index (χ3n) is 11.0. The van der Waals surface area contributed by atoms with E-state index in [0.29, 0.717) is 16.9 Å². The SMILES string of the molecule is CC.CC.CN1CCCC1Cc1ccc2cc(C34CCC(C5=CC=C(C6CCCN6C)C5)(CC3)C4)ccc2c1. The third-order valence-corrected chi connectivity index (χ3v) is 11.0. The number of benzene rings is 2. The van der Waals surface area contributed by atoms with Gasteiger partial charge in [0.1, 0.15) is 0 Å². The van der Waals surface area contributed by atoms with Crippen LogP contribution in [0.1, 0.15) is 103 Å². The molecule has 2 aromatic rings. The molecule has 5 aliphatic rings. The van der Waals surface area contributed by atoms with Gasteiger partial charge in [-0.1, -0.05) is 81.8 Å². The monoisotopic (exact) mass is 526 g/mol. The van der Waals surface area contributed by atoms with Crippen molar-refractivity contribution in [1.29, 1.82) is 0 Å². The Hall–Kier alpha value is -1.90. The standard InChI is InChI=1S/C33H42N2.2C2H6/c1-34-17-3-5-30(34)20-24-7-8-26-21-28(11-9-25(26)19-24)32-13-15-33(23-32,16-14-32)29-12-10-27(22-29)31-6-4-18-35(31)2;2*1-2/h7-12,19,21,30-31H,3-6,13-18,20,22-23H2,1-2H3;2*1-2H3. The van der Waals surface area contributed by atoms with Crippen molar-refractivity contribution < 1.29 is 0 Å². The second-order valence-corrected chi connectivity index (χ2v) is 12.9. The van der Waals surface area contributed by atoms with Crippen LogP contribution in [0.2, 0.25) is 0 Å². The van der Waals surface area contributed by atoms with E-state index in [0.717, 1.165) is 6.04 Å². The molecule has 2 atom stereocenters. The summed E-state index contributed by atoms with van der Waals surface area (Å²) in [5, 5.41) is 2.87. The first-order valence-electron chi connectivity index (χ1n) is 16.4. The molecule has 2 aliphatic heterocycles. The molecule has 0 spiro atoms. The van der Waals surface area contributed by atoms with Crippen LogP contribution >= 0.6 is 0 Å². The third kappa shape index (κ3) is 5.29. The number of hydrogen-bond donors (Lipinski definition) is 0. The van der Waals surface area contributed by atoms with Crippen LogP contribution in [0.3, 0.4) is 0 Å². The van der Waals surface area contributed by atoms with E-state index in [1.54, 1.807) is 16.7 Å². The minimum atomic E-state index is 0.410. The van der Waals surface area contributed by atoms with Crippen LogP contribution in [-0.4, -0.2) is 49.1 Å². The molecule has 2 nitrogen and oxygen atoms in total. The summed E-state index contributed by atoms with van der Waals surface area (Å²) in [5.41, 5.74) is 7.48. The molecule has 2 saturated carbocycles. The molecule has 2 saturated heterocycles. The van der Waals surface area contributed by atoms with Gasteiger partial charge in [0, 0.05) is 12.1 Å². The van der Waals surface area contributed by atoms with Crippen molar-refractivity contribution in [2.24, 2.45) is 5.41 Å². The highest BCUT2D eigenvalue weighted by Crippen LogP contribution is 2.66. The molecule has 0 amide bonds. The van der Waals surface area contributed by atoms with Crippen LogP contribution in [0.5, 0.6) is 0 Å². The summed E-state index contributed by atoms with van der Waals surface area (Å²) in [5.74, 6) is 0. The van der Waals surface area contributed by atoms with Crippen molar-refractivity contribution in [3.63, 3.8) is 0 Å². The van der Waals surface area contributed by atoms with Gasteiger partial charge in [-0.05, 0) is 136 Å². The maximum absolute atomic E-state index is 2.58. The van der Waals surface area contributed by atoms with Gasteiger partial charge >= 0.3 is 0 Å². The van der Waals surface area contributed by atoms with Crippen LogP contribution in [0, 0.1) is 5.41 Å². The predicted octanol–water partition coefficient (Wildman–Crippen LogP) is 9.08. The number of hydrogen-bond acceptors (Lipinski definition) is 2. The Balaban J connectivity index is 0.000000738. The van der Waals surface area contributed by atoms with Gasteiger partial charge < -0.3 is 4.90 Å². The summed E-state index contributed by atoms with van der Waals surface area (Å²) in [6.45, 7) is 10.5. The number of nitrogens with zero attached hydrogens (tertiary/aromatic N) is 2. The van der Waals surface area contributed by atoms with E-state index >= 15 is 0 Å². The number of rotatable bonds is 5. The topological polar surface area (TPSA) is 6.48 Å². The van der Waals surface area contributed by atoms with Crippen molar-refractivity contribution in [1.82, 2.24) is 9.80 Å². The van der Waals surface area contributed by atoms with Crippen molar-refractivity contribution >= 4 is 10.8 Å². The van der Waals surface area contributed by atoms with Crippen LogP contribution < -0.4 is 0 Å². The van der Waals surface area contributed by atoms with Gasteiger partial charge in [0.2, 0.25) is 0 Å². The van der Waals surface area contributed by atoms with Crippen molar-refractivity contribution in [2.75, 3.05) is 27.2 Å². The lowest BCUT2D eigenvalue weighted by Gasteiger charge is -2.30. The Morgan fingerprint density at radius 1 is 0.744 bits per heavy atom. The summed E-state index contributed by atoms with van der Waals surface area (Å²) < 4.78 is 0. The lowest BCUT2D eigenvalue weighted by atomic mass is 9.75. The first-order valence-corrected chi connectivity index (χ1v) is 16.4. The molecule has 2 aromatic carbocycles. The first kappa shape index (κ1) is 28.6. The molecule has 2 heterocycles. The van der Waals surface area contributed by atoms with Crippen LogP contribution in [0.15, 0.2) is 59.7 Å². The molecule has 0 radical (unpaired) electrons. The number of likely N-dealkylation sites (tertiary alicyclic amines) is 2. The lowest BCUT2D eigenvalue weighted by Crippen LogP contribution is -2.27. The molecule has 7 rings (SSSR count). The average Bonchev–Trinajstić information content (AvgIpc) is 3.81. The summed E-state index contributed by atoms with van der Waals surface area (Å²) in [7, 11) is 4.61. The molecule has 4 fully saturated rings. The smallest absolute Gasteiger partial charge is 0.0311 e. The molecule has 0 N–H and O–H groups in total.